The summed E-state index contributed by atoms with van der Waals surface area (Å²) in [6.45, 7) is 2.27. The zero-order chi connectivity index (χ0) is 12.1. The Bertz CT molecular complexity index is 369. The molecule has 0 radical (unpaired) electrons. The lowest BCUT2D eigenvalue weighted by Crippen LogP contribution is -2.08. The van der Waals surface area contributed by atoms with Crippen LogP contribution in [0, 0.1) is 0 Å². The highest BCUT2D eigenvalue weighted by Gasteiger charge is 2.19. The van der Waals surface area contributed by atoms with Crippen molar-refractivity contribution < 1.29 is 9.53 Å². The summed E-state index contributed by atoms with van der Waals surface area (Å²) < 4.78 is 4.93. The number of aromatic nitrogens is 1. The van der Waals surface area contributed by atoms with Crippen molar-refractivity contribution in [3.8, 4) is 0 Å². The fraction of sp³-hybridized carbons (Fsp3) is 0.692. The van der Waals surface area contributed by atoms with Crippen LogP contribution in [0.2, 0.25) is 0 Å². The summed E-state index contributed by atoms with van der Waals surface area (Å²) in [7, 11) is 0. The summed E-state index contributed by atoms with van der Waals surface area (Å²) in [6.07, 6.45) is 6.82. The monoisotopic (exact) mass is 253 g/mol. The number of carbonyl (C=O) groups is 1. The Morgan fingerprint density at radius 2 is 2.24 bits per heavy atom. The fourth-order valence-corrected chi connectivity index (χ4v) is 3.29. The molecule has 0 bridgehead atoms. The average molecular weight is 253 g/mol. The lowest BCUT2D eigenvalue weighted by Gasteiger charge is -2.18. The summed E-state index contributed by atoms with van der Waals surface area (Å²) in [5, 5.41) is 3.21. The van der Waals surface area contributed by atoms with E-state index in [9.17, 15) is 4.79 Å². The van der Waals surface area contributed by atoms with Crippen LogP contribution >= 0.6 is 11.3 Å². The van der Waals surface area contributed by atoms with Gasteiger partial charge in [-0.05, 0) is 19.8 Å². The molecule has 1 aliphatic rings. The highest BCUT2D eigenvalue weighted by molar-refractivity contribution is 7.09. The Morgan fingerprint density at radius 3 is 2.94 bits per heavy atom. The van der Waals surface area contributed by atoms with E-state index in [1.54, 1.807) is 11.3 Å². The molecule has 1 fully saturated rings. The van der Waals surface area contributed by atoms with Gasteiger partial charge in [-0.2, -0.15) is 0 Å². The van der Waals surface area contributed by atoms with E-state index in [1.165, 1.54) is 37.1 Å². The van der Waals surface area contributed by atoms with Crippen molar-refractivity contribution in [2.45, 2.75) is 51.4 Å². The quantitative estimate of drug-likeness (QED) is 0.773. The fourth-order valence-electron chi connectivity index (χ4n) is 2.30. The molecule has 3 nitrogen and oxygen atoms in total. The van der Waals surface area contributed by atoms with E-state index in [-0.39, 0.29) is 5.97 Å². The Kier molecular flexibility index (Phi) is 4.54. The molecule has 1 saturated carbocycles. The van der Waals surface area contributed by atoms with E-state index in [1.807, 2.05) is 12.3 Å². The largest absolute Gasteiger partial charge is 0.466 e. The van der Waals surface area contributed by atoms with Crippen molar-refractivity contribution in [2.75, 3.05) is 6.61 Å². The van der Waals surface area contributed by atoms with E-state index < -0.39 is 0 Å². The summed E-state index contributed by atoms with van der Waals surface area (Å²) in [5.74, 6) is 0.456. The molecule has 1 aliphatic carbocycles. The van der Waals surface area contributed by atoms with Gasteiger partial charge in [0.05, 0.1) is 23.7 Å². The van der Waals surface area contributed by atoms with Gasteiger partial charge in [-0.15, -0.1) is 11.3 Å². The lowest BCUT2D eigenvalue weighted by molar-refractivity contribution is -0.142. The number of rotatable bonds is 4. The maximum absolute atomic E-state index is 11.3. The van der Waals surface area contributed by atoms with Gasteiger partial charge in [-0.3, -0.25) is 4.79 Å². The van der Waals surface area contributed by atoms with Crippen molar-refractivity contribution in [3.63, 3.8) is 0 Å². The Hall–Kier alpha value is -0.900. The lowest BCUT2D eigenvalue weighted by atomic mass is 9.90. The van der Waals surface area contributed by atoms with E-state index in [4.69, 9.17) is 4.74 Å². The predicted octanol–water partition coefficient (Wildman–Crippen LogP) is 3.30. The second-order valence-electron chi connectivity index (χ2n) is 4.49. The van der Waals surface area contributed by atoms with Crippen LogP contribution in [0.3, 0.4) is 0 Å². The molecule has 94 valence electrons. The zero-order valence-corrected chi connectivity index (χ0v) is 11.1. The first-order valence-electron chi connectivity index (χ1n) is 6.39. The Labute approximate surface area is 106 Å². The third-order valence-corrected chi connectivity index (χ3v) is 4.21. The van der Waals surface area contributed by atoms with E-state index in [2.05, 4.69) is 4.98 Å². The van der Waals surface area contributed by atoms with Gasteiger partial charge in [0.25, 0.3) is 0 Å². The smallest absolute Gasteiger partial charge is 0.311 e. The molecule has 0 unspecified atom stereocenters. The molecule has 17 heavy (non-hydrogen) atoms. The summed E-state index contributed by atoms with van der Waals surface area (Å²) in [6, 6.07) is 0. The second kappa shape index (κ2) is 6.15. The highest BCUT2D eigenvalue weighted by atomic mass is 32.1. The molecule has 0 aliphatic heterocycles. The number of nitrogens with zero attached hydrogens (tertiary/aromatic N) is 1. The predicted molar refractivity (Wildman–Crippen MR) is 68.3 cm³/mol. The normalized spacial score (nSPS) is 17.0. The highest BCUT2D eigenvalue weighted by Crippen LogP contribution is 2.34. The van der Waals surface area contributed by atoms with Gasteiger partial charge in [0.1, 0.15) is 0 Å². The number of ether oxygens (including phenoxy) is 1. The van der Waals surface area contributed by atoms with Crippen LogP contribution in [0.25, 0.3) is 0 Å². The first kappa shape index (κ1) is 12.6. The van der Waals surface area contributed by atoms with Crippen molar-refractivity contribution in [1.82, 2.24) is 4.98 Å². The third kappa shape index (κ3) is 3.53. The van der Waals surface area contributed by atoms with Crippen LogP contribution in [-0.2, 0) is 16.0 Å². The van der Waals surface area contributed by atoms with Gasteiger partial charge < -0.3 is 4.74 Å². The first-order chi connectivity index (χ1) is 8.29. The summed E-state index contributed by atoms with van der Waals surface area (Å²) in [5.41, 5.74) is 0.869. The maximum Gasteiger partial charge on any atom is 0.311 e. The van der Waals surface area contributed by atoms with E-state index in [0.717, 1.165) is 5.69 Å². The van der Waals surface area contributed by atoms with Crippen LogP contribution in [0.4, 0.5) is 0 Å². The molecule has 0 amide bonds. The molecule has 0 saturated heterocycles. The van der Waals surface area contributed by atoms with Gasteiger partial charge in [-0.25, -0.2) is 4.98 Å². The topological polar surface area (TPSA) is 39.2 Å². The average Bonchev–Trinajstić information content (AvgIpc) is 2.79. The number of esters is 1. The van der Waals surface area contributed by atoms with E-state index >= 15 is 0 Å². The van der Waals surface area contributed by atoms with Crippen molar-refractivity contribution in [1.29, 1.82) is 0 Å². The number of thiazole rings is 1. The van der Waals surface area contributed by atoms with Crippen LogP contribution in [0.5, 0.6) is 0 Å². The standard InChI is InChI=1S/C13H19NO2S/c1-2-16-12(15)8-11-9-17-13(14-11)10-6-4-3-5-7-10/h9-10H,2-8H2,1H3. The minimum Gasteiger partial charge on any atom is -0.466 e. The zero-order valence-electron chi connectivity index (χ0n) is 10.3. The van der Waals surface area contributed by atoms with Crippen LogP contribution in [0.1, 0.15) is 55.6 Å². The first-order valence-corrected chi connectivity index (χ1v) is 7.27. The van der Waals surface area contributed by atoms with Crippen LogP contribution in [0.15, 0.2) is 5.38 Å². The van der Waals surface area contributed by atoms with Gasteiger partial charge >= 0.3 is 5.97 Å². The molecule has 1 aromatic heterocycles. The number of hydrogen-bond acceptors (Lipinski definition) is 4. The van der Waals surface area contributed by atoms with Gasteiger partial charge in [0.2, 0.25) is 0 Å². The summed E-state index contributed by atoms with van der Waals surface area (Å²) >= 11 is 1.70. The Morgan fingerprint density at radius 1 is 1.47 bits per heavy atom. The van der Waals surface area contributed by atoms with Crippen molar-refractivity contribution in [3.05, 3.63) is 16.1 Å². The van der Waals surface area contributed by atoms with Crippen LogP contribution in [-0.4, -0.2) is 17.6 Å². The molecule has 4 heteroatoms. The molecule has 0 atom stereocenters. The van der Waals surface area contributed by atoms with Crippen molar-refractivity contribution in [2.24, 2.45) is 0 Å². The molecule has 2 rings (SSSR count). The third-order valence-electron chi connectivity index (χ3n) is 3.15. The van der Waals surface area contributed by atoms with Crippen LogP contribution < -0.4 is 0 Å². The van der Waals surface area contributed by atoms with Gasteiger partial charge in [0.15, 0.2) is 0 Å². The molecule has 0 spiro atoms. The second-order valence-corrected chi connectivity index (χ2v) is 5.38. The SMILES string of the molecule is CCOC(=O)Cc1csc(C2CCCCC2)n1. The van der Waals surface area contributed by atoms with E-state index in [0.29, 0.717) is 18.9 Å². The minimum absolute atomic E-state index is 0.173. The molecule has 1 heterocycles. The molecule has 1 aromatic rings. The van der Waals surface area contributed by atoms with Crippen molar-refractivity contribution >= 4 is 17.3 Å². The van der Waals surface area contributed by atoms with Gasteiger partial charge in [0, 0.05) is 11.3 Å². The molecular weight excluding hydrogens is 234 g/mol. The molecule has 0 aromatic carbocycles. The molecular formula is C13H19NO2S. The molecule has 0 N–H and O–H groups in total. The van der Waals surface area contributed by atoms with Gasteiger partial charge in [-0.1, -0.05) is 19.3 Å². The number of carbonyl (C=O) groups excluding carboxylic acids is 1. The summed E-state index contributed by atoms with van der Waals surface area (Å²) in [4.78, 5) is 15.9. The Balaban J connectivity index is 1.93. The number of hydrogen-bond donors (Lipinski definition) is 0. The maximum atomic E-state index is 11.3. The minimum atomic E-state index is -0.173.